The van der Waals surface area contributed by atoms with E-state index in [4.69, 9.17) is 4.74 Å². The second kappa shape index (κ2) is 10.4. The molecule has 1 amide bonds. The first-order chi connectivity index (χ1) is 16.3. The Labute approximate surface area is 201 Å². The third kappa shape index (κ3) is 5.78. The molecule has 2 aliphatic heterocycles. The molecule has 2 aromatic rings. The second-order valence-corrected chi connectivity index (χ2v) is 11.5. The molecule has 0 saturated carbocycles. The average molecular weight is 489 g/mol. The van der Waals surface area contributed by atoms with Crippen molar-refractivity contribution in [2.75, 3.05) is 32.8 Å². The van der Waals surface area contributed by atoms with E-state index in [1.54, 1.807) is 30.3 Å². The Bertz CT molecular complexity index is 1090. The molecule has 0 unspecified atom stereocenters. The molecule has 2 saturated heterocycles. The number of carbonyl (C=O) groups is 1. The summed E-state index contributed by atoms with van der Waals surface area (Å²) in [5.74, 6) is 0.315. The van der Waals surface area contributed by atoms with Gasteiger partial charge in [0, 0.05) is 38.0 Å². The van der Waals surface area contributed by atoms with Crippen molar-refractivity contribution >= 4 is 15.9 Å². The van der Waals surface area contributed by atoms with E-state index in [1.807, 2.05) is 17.9 Å². The number of hydrogen-bond acceptors (Lipinski definition) is 4. The zero-order chi connectivity index (χ0) is 24.2. The van der Waals surface area contributed by atoms with E-state index in [2.05, 4.69) is 0 Å². The van der Waals surface area contributed by atoms with Crippen molar-refractivity contribution in [3.05, 3.63) is 59.9 Å². The molecular formula is C26H33FN2O4S. The van der Waals surface area contributed by atoms with Crippen molar-refractivity contribution in [1.29, 1.82) is 0 Å². The van der Waals surface area contributed by atoms with Crippen molar-refractivity contribution in [1.82, 2.24) is 9.21 Å². The Morgan fingerprint density at radius 1 is 1.00 bits per heavy atom. The van der Waals surface area contributed by atoms with Gasteiger partial charge < -0.3 is 9.64 Å². The van der Waals surface area contributed by atoms with Gasteiger partial charge in [-0.1, -0.05) is 12.1 Å². The number of rotatable bonds is 7. The van der Waals surface area contributed by atoms with Gasteiger partial charge in [-0.2, -0.15) is 4.31 Å². The van der Waals surface area contributed by atoms with Crippen molar-refractivity contribution in [3.63, 3.8) is 0 Å². The van der Waals surface area contributed by atoms with E-state index in [0.717, 1.165) is 37.9 Å². The van der Waals surface area contributed by atoms with Crippen molar-refractivity contribution in [3.8, 4) is 5.75 Å². The van der Waals surface area contributed by atoms with Gasteiger partial charge >= 0.3 is 0 Å². The van der Waals surface area contributed by atoms with Crippen LogP contribution >= 0.6 is 0 Å². The molecule has 0 atom stereocenters. The first-order valence-electron chi connectivity index (χ1n) is 12.0. The number of benzene rings is 2. The fraction of sp³-hybridized carbons (Fsp3) is 0.500. The number of halogens is 1. The van der Waals surface area contributed by atoms with E-state index >= 15 is 0 Å². The molecule has 8 heteroatoms. The highest BCUT2D eigenvalue weighted by Crippen LogP contribution is 2.38. The summed E-state index contributed by atoms with van der Waals surface area (Å²) in [5, 5.41) is 0. The zero-order valence-electron chi connectivity index (χ0n) is 19.7. The van der Waals surface area contributed by atoms with Crippen LogP contribution in [-0.2, 0) is 14.8 Å². The molecule has 0 radical (unpaired) electrons. The Kier molecular flexibility index (Phi) is 7.57. The molecule has 4 rings (SSSR count). The number of likely N-dealkylation sites (tertiary alicyclic amines) is 1. The second-order valence-electron chi connectivity index (χ2n) is 9.58. The molecule has 0 N–H and O–H groups in total. The van der Waals surface area contributed by atoms with Gasteiger partial charge in [0.25, 0.3) is 0 Å². The minimum Gasteiger partial charge on any atom is -0.493 e. The Morgan fingerprint density at radius 3 is 2.32 bits per heavy atom. The van der Waals surface area contributed by atoms with E-state index in [9.17, 15) is 17.6 Å². The lowest BCUT2D eigenvalue weighted by atomic mass is 9.76. The quantitative estimate of drug-likeness (QED) is 0.580. The minimum atomic E-state index is -3.60. The summed E-state index contributed by atoms with van der Waals surface area (Å²) < 4.78 is 47.2. The van der Waals surface area contributed by atoms with Gasteiger partial charge in [0.15, 0.2) is 0 Å². The van der Waals surface area contributed by atoms with Crippen molar-refractivity contribution in [2.45, 2.75) is 50.3 Å². The topological polar surface area (TPSA) is 66.9 Å². The Hall–Kier alpha value is -2.45. The summed E-state index contributed by atoms with van der Waals surface area (Å²) in [5.41, 5.74) is 0.425. The number of carbonyl (C=O) groups excluding carboxylic acids is 1. The number of piperidine rings is 2. The third-order valence-electron chi connectivity index (χ3n) is 7.00. The van der Waals surface area contributed by atoms with Gasteiger partial charge in [0.2, 0.25) is 15.9 Å². The van der Waals surface area contributed by atoms with E-state index in [1.165, 1.54) is 16.4 Å². The SMILES string of the molecule is Cc1cccc(S(=O)(=O)N2CCC(COc3ccc(F)cc3)(CC(=O)N3CCCCC3)CC2)c1. The van der Waals surface area contributed by atoms with Crippen LogP contribution < -0.4 is 4.74 Å². The monoisotopic (exact) mass is 488 g/mol. The lowest BCUT2D eigenvalue weighted by molar-refractivity contribution is -0.136. The lowest BCUT2D eigenvalue weighted by Gasteiger charge is -2.42. The number of amides is 1. The maximum Gasteiger partial charge on any atom is 0.243 e. The van der Waals surface area contributed by atoms with Gasteiger partial charge in [-0.05, 0) is 81.0 Å². The maximum absolute atomic E-state index is 13.3. The standard InChI is InChI=1S/C26H33FN2O4S/c1-21-6-5-7-24(18-21)34(31,32)29-16-12-26(13-17-29,19-25(30)28-14-3-2-4-15-28)20-33-23-10-8-22(27)9-11-23/h5-11,18H,2-4,12-17,19-20H2,1H3. The number of sulfonamides is 1. The van der Waals surface area contributed by atoms with Crippen LogP contribution in [-0.4, -0.2) is 56.3 Å². The molecule has 2 aliphatic rings. The molecule has 0 bridgehead atoms. The highest BCUT2D eigenvalue weighted by Gasteiger charge is 2.41. The average Bonchev–Trinajstić information content (AvgIpc) is 2.84. The molecule has 0 aromatic heterocycles. The summed E-state index contributed by atoms with van der Waals surface area (Å²) in [7, 11) is -3.60. The van der Waals surface area contributed by atoms with Crippen LogP contribution in [0.3, 0.4) is 0 Å². The zero-order valence-corrected chi connectivity index (χ0v) is 20.5. The van der Waals surface area contributed by atoms with Gasteiger partial charge in [0.1, 0.15) is 11.6 Å². The minimum absolute atomic E-state index is 0.109. The normalized spacial score (nSPS) is 19.1. The van der Waals surface area contributed by atoms with Gasteiger partial charge in [-0.15, -0.1) is 0 Å². The molecule has 2 heterocycles. The van der Waals surface area contributed by atoms with E-state index in [-0.39, 0.29) is 18.3 Å². The fourth-order valence-electron chi connectivity index (χ4n) is 4.84. The summed E-state index contributed by atoms with van der Waals surface area (Å²) in [6.07, 6.45) is 4.57. The first-order valence-corrected chi connectivity index (χ1v) is 13.4. The fourth-order valence-corrected chi connectivity index (χ4v) is 6.39. The lowest BCUT2D eigenvalue weighted by Crippen LogP contribution is -2.48. The summed E-state index contributed by atoms with van der Waals surface area (Å²) in [6.45, 7) is 4.38. The first kappa shape index (κ1) is 24.7. The van der Waals surface area contributed by atoms with Crippen LogP contribution in [0.1, 0.15) is 44.1 Å². The van der Waals surface area contributed by atoms with E-state index in [0.29, 0.717) is 43.0 Å². The highest BCUT2D eigenvalue weighted by atomic mass is 32.2. The molecule has 0 spiro atoms. The predicted octanol–water partition coefficient (Wildman–Crippen LogP) is 4.39. The molecule has 34 heavy (non-hydrogen) atoms. The van der Waals surface area contributed by atoms with Crippen LogP contribution in [0.25, 0.3) is 0 Å². The predicted molar refractivity (Wildman–Crippen MR) is 129 cm³/mol. The number of aryl methyl sites for hydroxylation is 1. The molecule has 2 aromatic carbocycles. The van der Waals surface area contributed by atoms with E-state index < -0.39 is 15.4 Å². The Morgan fingerprint density at radius 2 is 1.68 bits per heavy atom. The van der Waals surface area contributed by atoms with Crippen LogP contribution in [0.15, 0.2) is 53.4 Å². The summed E-state index contributed by atoms with van der Waals surface area (Å²) in [4.78, 5) is 15.4. The molecule has 6 nitrogen and oxygen atoms in total. The Balaban J connectivity index is 1.49. The van der Waals surface area contributed by atoms with Crippen molar-refractivity contribution < 1.29 is 22.3 Å². The van der Waals surface area contributed by atoms with Crippen LogP contribution in [0, 0.1) is 18.2 Å². The number of ether oxygens (including phenoxy) is 1. The van der Waals surface area contributed by atoms with Gasteiger partial charge in [-0.25, -0.2) is 12.8 Å². The summed E-state index contributed by atoms with van der Waals surface area (Å²) >= 11 is 0. The van der Waals surface area contributed by atoms with Crippen molar-refractivity contribution in [2.24, 2.45) is 5.41 Å². The smallest absolute Gasteiger partial charge is 0.243 e. The molecular weight excluding hydrogens is 455 g/mol. The third-order valence-corrected chi connectivity index (χ3v) is 8.90. The van der Waals surface area contributed by atoms with Crippen LogP contribution in [0.2, 0.25) is 0 Å². The number of hydrogen-bond donors (Lipinski definition) is 0. The molecule has 0 aliphatic carbocycles. The molecule has 2 fully saturated rings. The highest BCUT2D eigenvalue weighted by molar-refractivity contribution is 7.89. The van der Waals surface area contributed by atoms with Crippen LogP contribution in [0.5, 0.6) is 5.75 Å². The van der Waals surface area contributed by atoms with Crippen LogP contribution in [0.4, 0.5) is 4.39 Å². The van der Waals surface area contributed by atoms with Gasteiger partial charge in [-0.3, -0.25) is 4.79 Å². The summed E-state index contributed by atoms with van der Waals surface area (Å²) in [6, 6.07) is 12.8. The molecule has 184 valence electrons. The largest absolute Gasteiger partial charge is 0.493 e. The maximum atomic E-state index is 13.3. The van der Waals surface area contributed by atoms with Gasteiger partial charge in [0.05, 0.1) is 11.5 Å². The number of nitrogens with zero attached hydrogens (tertiary/aromatic N) is 2.